The van der Waals surface area contributed by atoms with Gasteiger partial charge in [-0.05, 0) is 42.0 Å². The number of nitrogens with zero attached hydrogens (tertiary/aromatic N) is 1. The largest absolute Gasteiger partial charge is 0.368 e. The molecule has 0 saturated heterocycles. The topological polar surface area (TPSA) is 80.5 Å². The molecule has 2 N–H and O–H groups in total. The smallest absolute Gasteiger partial charge is 0.244 e. The molecule has 0 aromatic heterocycles. The minimum atomic E-state index is -4.54. The fourth-order valence-corrected chi connectivity index (χ4v) is 4.71. The number of rotatable bonds is 7. The second-order valence-electron chi connectivity index (χ2n) is 6.54. The van der Waals surface area contributed by atoms with Crippen LogP contribution in [0.4, 0.5) is 13.2 Å². The minimum Gasteiger partial charge on any atom is -0.368 e. The van der Waals surface area contributed by atoms with Crippen molar-refractivity contribution in [1.82, 2.24) is 4.31 Å². The second kappa shape index (κ2) is 9.09. The van der Waals surface area contributed by atoms with Crippen LogP contribution >= 0.6 is 11.6 Å². The van der Waals surface area contributed by atoms with Crippen molar-refractivity contribution in [2.75, 3.05) is 0 Å². The van der Waals surface area contributed by atoms with Crippen LogP contribution in [0.2, 0.25) is 5.02 Å². The van der Waals surface area contributed by atoms with Crippen LogP contribution in [-0.2, 0) is 21.4 Å². The first-order valence-electron chi connectivity index (χ1n) is 8.87. The van der Waals surface area contributed by atoms with Gasteiger partial charge in [0.25, 0.3) is 0 Å². The Labute approximate surface area is 181 Å². The molecule has 0 spiro atoms. The summed E-state index contributed by atoms with van der Waals surface area (Å²) >= 11 is 5.82. The van der Waals surface area contributed by atoms with Crippen LogP contribution < -0.4 is 5.73 Å². The quantitative estimate of drug-likeness (QED) is 0.528. The van der Waals surface area contributed by atoms with E-state index in [2.05, 4.69) is 0 Å². The highest BCUT2D eigenvalue weighted by Gasteiger charge is 2.37. The molecular weight excluding hydrogens is 453 g/mol. The highest BCUT2D eigenvalue weighted by Crippen LogP contribution is 2.32. The van der Waals surface area contributed by atoms with Gasteiger partial charge in [0, 0.05) is 17.1 Å². The van der Waals surface area contributed by atoms with Crippen molar-refractivity contribution in [2.24, 2.45) is 5.73 Å². The Hall–Kier alpha value is -2.88. The lowest BCUT2D eigenvalue weighted by atomic mass is 10.1. The van der Waals surface area contributed by atoms with E-state index in [1.54, 1.807) is 18.2 Å². The van der Waals surface area contributed by atoms with Gasteiger partial charge in [-0.3, -0.25) is 4.79 Å². The molecule has 0 aliphatic heterocycles. The zero-order valence-electron chi connectivity index (χ0n) is 15.8. The van der Waals surface area contributed by atoms with Crippen molar-refractivity contribution < 1.29 is 26.4 Å². The Bertz CT molecular complexity index is 1210. The highest BCUT2D eigenvalue weighted by atomic mass is 35.5. The van der Waals surface area contributed by atoms with Gasteiger partial charge in [-0.15, -0.1) is 0 Å². The SMILES string of the molecule is NC(=O)C(c1ccccc1)N(Cc1c(F)ccc(F)c1F)S(=O)(=O)c1ccc(Cl)cc1. The number of sulfonamides is 1. The summed E-state index contributed by atoms with van der Waals surface area (Å²) in [5.41, 5.74) is 4.81. The molecule has 0 radical (unpaired) electrons. The van der Waals surface area contributed by atoms with E-state index in [9.17, 15) is 26.4 Å². The summed E-state index contributed by atoms with van der Waals surface area (Å²) in [5.74, 6) is -5.18. The Morgan fingerprint density at radius 3 is 2.10 bits per heavy atom. The van der Waals surface area contributed by atoms with Gasteiger partial charge in [0.1, 0.15) is 11.9 Å². The number of halogens is 4. The number of benzene rings is 3. The van der Waals surface area contributed by atoms with Crippen molar-refractivity contribution in [3.8, 4) is 0 Å². The number of carbonyl (C=O) groups is 1. The highest BCUT2D eigenvalue weighted by molar-refractivity contribution is 7.89. The van der Waals surface area contributed by atoms with Gasteiger partial charge in [0.05, 0.1) is 4.90 Å². The third-order valence-corrected chi connectivity index (χ3v) is 6.62. The Kier molecular flexibility index (Phi) is 6.68. The van der Waals surface area contributed by atoms with E-state index >= 15 is 0 Å². The molecule has 1 amide bonds. The number of nitrogens with two attached hydrogens (primary N) is 1. The Balaban J connectivity index is 2.22. The molecule has 3 aromatic carbocycles. The molecule has 0 fully saturated rings. The molecule has 3 aromatic rings. The van der Waals surface area contributed by atoms with Gasteiger partial charge in [-0.25, -0.2) is 21.6 Å². The van der Waals surface area contributed by atoms with Crippen LogP contribution in [0.25, 0.3) is 0 Å². The van der Waals surface area contributed by atoms with E-state index in [0.717, 1.165) is 0 Å². The molecule has 3 rings (SSSR count). The molecule has 10 heteroatoms. The third-order valence-electron chi connectivity index (χ3n) is 4.55. The zero-order valence-corrected chi connectivity index (χ0v) is 17.4. The van der Waals surface area contributed by atoms with Crippen LogP contribution in [0.1, 0.15) is 17.2 Å². The predicted molar refractivity (Wildman–Crippen MR) is 109 cm³/mol. The van der Waals surface area contributed by atoms with Crippen LogP contribution in [0.5, 0.6) is 0 Å². The number of carbonyl (C=O) groups excluding carboxylic acids is 1. The molecular formula is C21H16ClF3N2O3S. The van der Waals surface area contributed by atoms with Crippen LogP contribution in [0.15, 0.2) is 71.6 Å². The molecule has 0 aliphatic rings. The van der Waals surface area contributed by atoms with E-state index in [4.69, 9.17) is 17.3 Å². The fraction of sp³-hybridized carbons (Fsp3) is 0.0952. The average Bonchev–Trinajstić information content (AvgIpc) is 2.73. The van der Waals surface area contributed by atoms with E-state index in [0.29, 0.717) is 16.4 Å². The average molecular weight is 469 g/mol. The van der Waals surface area contributed by atoms with Gasteiger partial charge in [-0.2, -0.15) is 4.31 Å². The lowest BCUT2D eigenvalue weighted by molar-refractivity contribution is -0.122. The van der Waals surface area contributed by atoms with Gasteiger partial charge in [-0.1, -0.05) is 41.9 Å². The van der Waals surface area contributed by atoms with Crippen molar-refractivity contribution in [2.45, 2.75) is 17.5 Å². The van der Waals surface area contributed by atoms with Gasteiger partial charge in [0.15, 0.2) is 11.6 Å². The number of hydrogen-bond donors (Lipinski definition) is 1. The van der Waals surface area contributed by atoms with Gasteiger partial charge >= 0.3 is 0 Å². The van der Waals surface area contributed by atoms with Gasteiger partial charge < -0.3 is 5.73 Å². The summed E-state index contributed by atoms with van der Waals surface area (Å²) < 4.78 is 69.8. The number of hydrogen-bond acceptors (Lipinski definition) is 3. The number of amides is 1. The second-order valence-corrected chi connectivity index (χ2v) is 8.87. The Morgan fingerprint density at radius 2 is 1.52 bits per heavy atom. The molecule has 1 unspecified atom stereocenters. The molecule has 1 atom stereocenters. The lowest BCUT2D eigenvalue weighted by Crippen LogP contribution is -2.41. The number of primary amides is 1. The van der Waals surface area contributed by atoms with Crippen molar-refractivity contribution in [3.63, 3.8) is 0 Å². The summed E-state index contributed by atoms with van der Waals surface area (Å²) in [6.07, 6.45) is 0. The lowest BCUT2D eigenvalue weighted by Gasteiger charge is -2.29. The molecule has 0 aliphatic carbocycles. The summed E-state index contributed by atoms with van der Waals surface area (Å²) in [6, 6.07) is 12.2. The van der Waals surface area contributed by atoms with E-state index < -0.39 is 51.5 Å². The maximum absolute atomic E-state index is 14.4. The van der Waals surface area contributed by atoms with E-state index in [1.807, 2.05) is 0 Å². The molecule has 31 heavy (non-hydrogen) atoms. The van der Waals surface area contributed by atoms with Crippen molar-refractivity contribution >= 4 is 27.5 Å². The normalized spacial score (nSPS) is 12.7. The first kappa shape index (κ1) is 22.8. The van der Waals surface area contributed by atoms with Crippen molar-refractivity contribution in [3.05, 3.63) is 100 Å². The van der Waals surface area contributed by atoms with Crippen LogP contribution in [-0.4, -0.2) is 18.6 Å². The van der Waals surface area contributed by atoms with Crippen LogP contribution in [0, 0.1) is 17.5 Å². The Morgan fingerprint density at radius 1 is 0.935 bits per heavy atom. The predicted octanol–water partition coefficient (Wildman–Crippen LogP) is 4.17. The first-order valence-corrected chi connectivity index (χ1v) is 10.7. The van der Waals surface area contributed by atoms with E-state index in [1.165, 1.54) is 36.4 Å². The van der Waals surface area contributed by atoms with Crippen LogP contribution in [0.3, 0.4) is 0 Å². The van der Waals surface area contributed by atoms with Crippen molar-refractivity contribution in [1.29, 1.82) is 0 Å². The summed E-state index contributed by atoms with van der Waals surface area (Å²) in [5, 5.41) is 0.252. The minimum absolute atomic E-state index is 0.171. The third kappa shape index (κ3) is 4.73. The summed E-state index contributed by atoms with van der Waals surface area (Å²) in [6.45, 7) is -0.983. The molecule has 5 nitrogen and oxygen atoms in total. The fourth-order valence-electron chi connectivity index (χ4n) is 3.03. The summed E-state index contributed by atoms with van der Waals surface area (Å²) in [4.78, 5) is 12.0. The standard InChI is InChI=1S/C21H16ClF3N2O3S/c22-14-6-8-15(9-7-14)31(29,30)27(12-16-17(23)10-11-18(24)19(16)25)20(21(26)28)13-4-2-1-3-5-13/h1-11,20H,12H2,(H2,26,28). The first-order chi connectivity index (χ1) is 14.6. The molecule has 0 bridgehead atoms. The maximum atomic E-state index is 14.4. The zero-order chi connectivity index (χ0) is 22.8. The molecule has 0 saturated carbocycles. The monoisotopic (exact) mass is 468 g/mol. The van der Waals surface area contributed by atoms with E-state index in [-0.39, 0.29) is 15.5 Å². The maximum Gasteiger partial charge on any atom is 0.244 e. The molecule has 0 heterocycles. The summed E-state index contributed by atoms with van der Waals surface area (Å²) in [7, 11) is -4.54. The molecule has 162 valence electrons. The van der Waals surface area contributed by atoms with Gasteiger partial charge in [0.2, 0.25) is 15.9 Å².